The molecule has 1 heterocycles. The zero-order valence-corrected chi connectivity index (χ0v) is 11.3. The number of aliphatic imine (C=N–C) groups is 1. The van der Waals surface area contributed by atoms with Gasteiger partial charge in [-0.1, -0.05) is 6.07 Å². The van der Waals surface area contributed by atoms with E-state index in [-0.39, 0.29) is 17.2 Å². The van der Waals surface area contributed by atoms with Gasteiger partial charge in [0.05, 0.1) is 0 Å². The Bertz CT molecular complexity index is 618. The monoisotopic (exact) mass is 276 g/mol. The molecular formula is C14H17FN4O. The Hall–Kier alpha value is -2.11. The minimum Gasteiger partial charge on any atom is -0.370 e. The fourth-order valence-corrected chi connectivity index (χ4v) is 3.07. The van der Waals surface area contributed by atoms with Crippen molar-refractivity contribution < 1.29 is 9.18 Å². The van der Waals surface area contributed by atoms with Crippen molar-refractivity contribution in [1.29, 1.82) is 0 Å². The van der Waals surface area contributed by atoms with Crippen molar-refractivity contribution >= 4 is 12.0 Å². The van der Waals surface area contributed by atoms with Crippen LogP contribution in [0.3, 0.4) is 0 Å². The van der Waals surface area contributed by atoms with Crippen molar-refractivity contribution in [3.63, 3.8) is 0 Å². The number of aryl methyl sites for hydroxylation is 1. The SMILES string of the molecule is Cc1ccc(F)c2c1CN(C(=O)N=C(N)N)CC21CC1. The van der Waals surface area contributed by atoms with Crippen molar-refractivity contribution in [2.24, 2.45) is 16.5 Å². The van der Waals surface area contributed by atoms with Gasteiger partial charge in [0.1, 0.15) is 5.82 Å². The molecule has 1 aromatic carbocycles. The van der Waals surface area contributed by atoms with Crippen LogP contribution in [-0.4, -0.2) is 23.4 Å². The van der Waals surface area contributed by atoms with Crippen molar-refractivity contribution in [3.8, 4) is 0 Å². The lowest BCUT2D eigenvalue weighted by atomic mass is 9.84. The zero-order chi connectivity index (χ0) is 14.5. The van der Waals surface area contributed by atoms with Crippen molar-refractivity contribution in [2.45, 2.75) is 31.7 Å². The minimum absolute atomic E-state index is 0.169. The smallest absolute Gasteiger partial charge is 0.347 e. The summed E-state index contributed by atoms with van der Waals surface area (Å²) in [5.41, 5.74) is 12.9. The maximum absolute atomic E-state index is 14.2. The molecule has 3 rings (SSSR count). The molecule has 1 aliphatic heterocycles. The first kappa shape index (κ1) is 12.9. The number of nitrogens with zero attached hydrogens (tertiary/aromatic N) is 2. The lowest BCUT2D eigenvalue weighted by Gasteiger charge is -2.35. The Morgan fingerprint density at radius 2 is 2.10 bits per heavy atom. The number of urea groups is 1. The van der Waals surface area contributed by atoms with Gasteiger partial charge in [-0.25, -0.2) is 9.18 Å². The van der Waals surface area contributed by atoms with E-state index in [1.54, 1.807) is 11.0 Å². The first-order valence-electron chi connectivity index (χ1n) is 6.60. The standard InChI is InChI=1S/C14H17FN4O/c1-8-2-3-10(15)11-9(8)6-19(7-14(11)4-5-14)13(20)18-12(16)17/h2-3H,4-7H2,1H3,(H4,16,17,18,20). The molecule has 1 saturated carbocycles. The van der Waals surface area contributed by atoms with E-state index in [9.17, 15) is 9.18 Å². The first-order valence-corrected chi connectivity index (χ1v) is 6.60. The molecule has 2 aliphatic rings. The molecule has 2 amide bonds. The number of amides is 2. The quantitative estimate of drug-likeness (QED) is 0.554. The summed E-state index contributed by atoms with van der Waals surface area (Å²) < 4.78 is 14.2. The van der Waals surface area contributed by atoms with E-state index in [1.807, 2.05) is 6.92 Å². The van der Waals surface area contributed by atoms with E-state index in [4.69, 9.17) is 11.5 Å². The molecule has 0 unspecified atom stereocenters. The number of nitrogens with two attached hydrogens (primary N) is 2. The van der Waals surface area contributed by atoms with E-state index < -0.39 is 6.03 Å². The van der Waals surface area contributed by atoms with Gasteiger partial charge in [0.2, 0.25) is 0 Å². The third kappa shape index (κ3) is 1.92. The molecule has 1 aliphatic carbocycles. The molecule has 1 aromatic rings. The highest BCUT2D eigenvalue weighted by Gasteiger charge is 2.51. The predicted molar refractivity (Wildman–Crippen MR) is 73.7 cm³/mol. The summed E-state index contributed by atoms with van der Waals surface area (Å²) >= 11 is 0. The molecule has 6 heteroatoms. The molecule has 106 valence electrons. The van der Waals surface area contributed by atoms with Crippen LogP contribution in [0.25, 0.3) is 0 Å². The molecule has 0 aromatic heterocycles. The molecule has 0 bridgehead atoms. The number of fused-ring (bicyclic) bond motifs is 2. The number of rotatable bonds is 0. The number of halogens is 1. The number of guanidine groups is 1. The maximum atomic E-state index is 14.2. The minimum atomic E-state index is -0.453. The molecule has 0 atom stereocenters. The first-order chi connectivity index (χ1) is 9.43. The van der Waals surface area contributed by atoms with Gasteiger partial charge < -0.3 is 16.4 Å². The van der Waals surface area contributed by atoms with Crippen molar-refractivity contribution in [1.82, 2.24) is 4.90 Å². The van der Waals surface area contributed by atoms with Crippen LogP contribution in [0.15, 0.2) is 17.1 Å². The Kier molecular flexibility index (Phi) is 2.70. The van der Waals surface area contributed by atoms with E-state index >= 15 is 0 Å². The molecule has 0 saturated heterocycles. The van der Waals surface area contributed by atoms with Gasteiger partial charge >= 0.3 is 6.03 Å². The molecule has 20 heavy (non-hydrogen) atoms. The molecule has 1 spiro atoms. The average Bonchev–Trinajstić information content (AvgIpc) is 3.12. The molecule has 0 radical (unpaired) electrons. The van der Waals surface area contributed by atoms with Gasteiger partial charge in [-0.3, -0.25) is 0 Å². The van der Waals surface area contributed by atoms with Gasteiger partial charge in [0.15, 0.2) is 5.96 Å². The fraction of sp³-hybridized carbons (Fsp3) is 0.429. The molecule has 1 fully saturated rings. The number of hydrogen-bond donors (Lipinski definition) is 2. The highest BCUT2D eigenvalue weighted by Crippen LogP contribution is 2.53. The van der Waals surface area contributed by atoms with Crippen molar-refractivity contribution in [3.05, 3.63) is 34.6 Å². The Morgan fingerprint density at radius 3 is 2.70 bits per heavy atom. The van der Waals surface area contributed by atoms with Crippen LogP contribution in [0.4, 0.5) is 9.18 Å². The summed E-state index contributed by atoms with van der Waals surface area (Å²) in [6.07, 6.45) is 1.79. The zero-order valence-electron chi connectivity index (χ0n) is 11.3. The molecule has 4 N–H and O–H groups in total. The van der Waals surface area contributed by atoms with Gasteiger partial charge in [0, 0.05) is 24.1 Å². The Labute approximate surface area is 116 Å². The van der Waals surface area contributed by atoms with Gasteiger partial charge in [-0.2, -0.15) is 4.99 Å². The van der Waals surface area contributed by atoms with Crippen molar-refractivity contribution in [2.75, 3.05) is 6.54 Å². The lowest BCUT2D eigenvalue weighted by Crippen LogP contribution is -2.42. The fourth-order valence-electron chi connectivity index (χ4n) is 3.07. The highest BCUT2D eigenvalue weighted by atomic mass is 19.1. The topological polar surface area (TPSA) is 84.7 Å². The number of benzene rings is 1. The van der Waals surface area contributed by atoms with Crippen LogP contribution in [0.2, 0.25) is 0 Å². The lowest BCUT2D eigenvalue weighted by molar-refractivity contribution is 0.192. The van der Waals surface area contributed by atoms with Crippen LogP contribution in [-0.2, 0) is 12.0 Å². The van der Waals surface area contributed by atoms with Crippen LogP contribution in [0, 0.1) is 12.7 Å². The average molecular weight is 276 g/mol. The largest absolute Gasteiger partial charge is 0.370 e. The Morgan fingerprint density at radius 1 is 1.40 bits per heavy atom. The second kappa shape index (κ2) is 4.19. The summed E-state index contributed by atoms with van der Waals surface area (Å²) in [4.78, 5) is 17.2. The summed E-state index contributed by atoms with van der Waals surface area (Å²) in [6, 6.07) is 2.81. The van der Waals surface area contributed by atoms with E-state index in [2.05, 4.69) is 4.99 Å². The summed E-state index contributed by atoms with van der Waals surface area (Å²) in [5, 5.41) is 0. The third-order valence-corrected chi connectivity index (χ3v) is 4.22. The number of hydrogen-bond acceptors (Lipinski definition) is 1. The number of carbonyl (C=O) groups excluding carboxylic acids is 1. The van der Waals surface area contributed by atoms with Crippen LogP contribution >= 0.6 is 0 Å². The maximum Gasteiger partial charge on any atom is 0.347 e. The molecule has 5 nitrogen and oxygen atoms in total. The second-order valence-electron chi connectivity index (χ2n) is 5.67. The summed E-state index contributed by atoms with van der Waals surface area (Å²) in [7, 11) is 0. The normalized spacial score (nSPS) is 18.6. The predicted octanol–water partition coefficient (Wildman–Crippen LogP) is 1.37. The van der Waals surface area contributed by atoms with Crippen LogP contribution < -0.4 is 11.5 Å². The summed E-state index contributed by atoms with van der Waals surface area (Å²) in [5.74, 6) is -0.418. The van der Waals surface area contributed by atoms with Crippen LogP contribution in [0.1, 0.15) is 29.5 Å². The highest BCUT2D eigenvalue weighted by molar-refractivity contribution is 5.90. The van der Waals surface area contributed by atoms with Crippen LogP contribution in [0.5, 0.6) is 0 Å². The second-order valence-corrected chi connectivity index (χ2v) is 5.67. The van der Waals surface area contributed by atoms with Gasteiger partial charge in [0.25, 0.3) is 0 Å². The number of carbonyl (C=O) groups is 1. The summed E-state index contributed by atoms with van der Waals surface area (Å²) in [6.45, 7) is 2.77. The molecular weight excluding hydrogens is 259 g/mol. The van der Waals surface area contributed by atoms with E-state index in [0.29, 0.717) is 13.1 Å². The van der Waals surface area contributed by atoms with Gasteiger partial charge in [-0.05, 0) is 37.0 Å². The third-order valence-electron chi connectivity index (χ3n) is 4.22. The van der Waals surface area contributed by atoms with Gasteiger partial charge in [-0.15, -0.1) is 0 Å². The Balaban J connectivity index is 2.02. The van der Waals surface area contributed by atoms with E-state index in [0.717, 1.165) is 29.5 Å². The van der Waals surface area contributed by atoms with E-state index in [1.165, 1.54) is 6.07 Å².